The van der Waals surface area contributed by atoms with Crippen LogP contribution in [0, 0.1) is 17.6 Å². The van der Waals surface area contributed by atoms with Gasteiger partial charge in [-0.2, -0.15) is 0 Å². The molecule has 1 N–H and O–H groups in total. The zero-order valence-corrected chi connectivity index (χ0v) is 16.7. The number of aryl methyl sites for hydroxylation is 1. The second-order valence-electron chi connectivity index (χ2n) is 7.12. The van der Waals surface area contributed by atoms with Gasteiger partial charge < -0.3 is 15.0 Å². The normalized spacial score (nSPS) is 17.0. The molecule has 0 aliphatic carbocycles. The van der Waals surface area contributed by atoms with Gasteiger partial charge >= 0.3 is 5.97 Å². The standard InChI is InChI=1S/C22H22F2N2O4/c1-3-14-4-7-17(8-5-14)26-12-15(10-20(26)27)22(29)30-13(2)21(28)25-19-9-6-16(23)11-18(19)24/h4-9,11,13,15H,3,10,12H2,1-2H3,(H,25,28)/t13-,15-/m1/s1. The molecule has 1 aliphatic heterocycles. The topological polar surface area (TPSA) is 75.7 Å². The maximum atomic E-state index is 13.7. The van der Waals surface area contributed by atoms with Gasteiger partial charge in [-0.1, -0.05) is 19.1 Å². The fourth-order valence-corrected chi connectivity index (χ4v) is 3.18. The Morgan fingerprint density at radius 2 is 1.90 bits per heavy atom. The highest BCUT2D eigenvalue weighted by Crippen LogP contribution is 2.26. The van der Waals surface area contributed by atoms with E-state index in [-0.39, 0.29) is 24.6 Å². The van der Waals surface area contributed by atoms with Crippen LogP contribution < -0.4 is 10.2 Å². The average Bonchev–Trinajstić information content (AvgIpc) is 3.11. The lowest BCUT2D eigenvalue weighted by atomic mass is 10.1. The van der Waals surface area contributed by atoms with Crippen LogP contribution in [-0.2, 0) is 25.5 Å². The summed E-state index contributed by atoms with van der Waals surface area (Å²) in [4.78, 5) is 38.5. The SMILES string of the molecule is CCc1ccc(N2C[C@H](C(=O)O[C@H](C)C(=O)Nc3ccc(F)cc3F)CC2=O)cc1. The van der Waals surface area contributed by atoms with Crippen molar-refractivity contribution in [3.8, 4) is 0 Å². The Hall–Kier alpha value is -3.29. The molecule has 3 rings (SSSR count). The van der Waals surface area contributed by atoms with Crippen LogP contribution in [0.4, 0.5) is 20.2 Å². The fraction of sp³-hybridized carbons (Fsp3) is 0.318. The molecule has 0 bridgehead atoms. The lowest BCUT2D eigenvalue weighted by Gasteiger charge is -2.18. The Morgan fingerprint density at radius 1 is 1.20 bits per heavy atom. The number of benzene rings is 2. The molecular formula is C22H22F2N2O4. The summed E-state index contributed by atoms with van der Waals surface area (Å²) in [6.07, 6.45) is -0.352. The van der Waals surface area contributed by atoms with E-state index in [1.54, 1.807) is 0 Å². The number of amides is 2. The van der Waals surface area contributed by atoms with E-state index in [0.29, 0.717) is 11.8 Å². The van der Waals surface area contributed by atoms with Crippen molar-refractivity contribution in [3.63, 3.8) is 0 Å². The first kappa shape index (κ1) is 21.4. The van der Waals surface area contributed by atoms with Gasteiger partial charge in [0.2, 0.25) is 5.91 Å². The number of nitrogens with one attached hydrogen (secondary N) is 1. The molecule has 158 valence electrons. The minimum absolute atomic E-state index is 0.0186. The third-order valence-electron chi connectivity index (χ3n) is 4.97. The number of halogens is 2. The lowest BCUT2D eigenvalue weighted by Crippen LogP contribution is -2.33. The van der Waals surface area contributed by atoms with Crippen molar-refractivity contribution in [1.82, 2.24) is 0 Å². The number of rotatable bonds is 6. The molecule has 1 heterocycles. The molecule has 0 saturated carbocycles. The van der Waals surface area contributed by atoms with E-state index in [1.165, 1.54) is 11.8 Å². The Balaban J connectivity index is 1.58. The third kappa shape index (κ3) is 4.82. The fourth-order valence-electron chi connectivity index (χ4n) is 3.18. The monoisotopic (exact) mass is 416 g/mol. The Kier molecular flexibility index (Phi) is 6.44. The summed E-state index contributed by atoms with van der Waals surface area (Å²) in [5.74, 6) is -4.06. The number of ether oxygens (including phenoxy) is 1. The maximum absolute atomic E-state index is 13.7. The third-order valence-corrected chi connectivity index (χ3v) is 4.97. The molecule has 2 aromatic rings. The van der Waals surface area contributed by atoms with E-state index >= 15 is 0 Å². The van der Waals surface area contributed by atoms with Crippen LogP contribution in [0.15, 0.2) is 42.5 Å². The predicted molar refractivity (Wildman–Crippen MR) is 107 cm³/mol. The van der Waals surface area contributed by atoms with Gasteiger partial charge in [-0.05, 0) is 43.2 Å². The van der Waals surface area contributed by atoms with Gasteiger partial charge in [-0.15, -0.1) is 0 Å². The Morgan fingerprint density at radius 3 is 2.53 bits per heavy atom. The van der Waals surface area contributed by atoms with Crippen LogP contribution in [0.3, 0.4) is 0 Å². The van der Waals surface area contributed by atoms with Gasteiger partial charge in [-0.3, -0.25) is 14.4 Å². The molecule has 1 fully saturated rings. The zero-order valence-electron chi connectivity index (χ0n) is 16.7. The first-order chi connectivity index (χ1) is 14.3. The van der Waals surface area contributed by atoms with E-state index < -0.39 is 35.5 Å². The highest BCUT2D eigenvalue weighted by Gasteiger charge is 2.37. The second-order valence-corrected chi connectivity index (χ2v) is 7.12. The van der Waals surface area contributed by atoms with Gasteiger partial charge in [0.25, 0.3) is 5.91 Å². The van der Waals surface area contributed by atoms with E-state index in [0.717, 1.165) is 24.1 Å². The number of nitrogens with zero attached hydrogens (tertiary/aromatic N) is 1. The van der Waals surface area contributed by atoms with E-state index in [4.69, 9.17) is 4.74 Å². The molecular weight excluding hydrogens is 394 g/mol. The molecule has 1 saturated heterocycles. The highest BCUT2D eigenvalue weighted by molar-refractivity contribution is 6.00. The molecule has 2 amide bonds. The average molecular weight is 416 g/mol. The quantitative estimate of drug-likeness (QED) is 0.732. The number of hydrogen-bond acceptors (Lipinski definition) is 4. The van der Waals surface area contributed by atoms with Gasteiger partial charge in [0, 0.05) is 24.7 Å². The van der Waals surface area contributed by atoms with Crippen molar-refractivity contribution in [1.29, 1.82) is 0 Å². The second kappa shape index (κ2) is 9.02. The minimum Gasteiger partial charge on any atom is -0.452 e. The Labute approximate surface area is 172 Å². The molecule has 0 aromatic heterocycles. The van der Waals surface area contributed by atoms with E-state index in [1.807, 2.05) is 31.2 Å². The van der Waals surface area contributed by atoms with E-state index in [2.05, 4.69) is 5.32 Å². The molecule has 6 nitrogen and oxygen atoms in total. The number of carbonyl (C=O) groups excluding carboxylic acids is 3. The van der Waals surface area contributed by atoms with Crippen molar-refractivity contribution in [2.24, 2.45) is 5.92 Å². The van der Waals surface area contributed by atoms with Crippen LogP contribution in [-0.4, -0.2) is 30.4 Å². The van der Waals surface area contributed by atoms with Crippen LogP contribution in [0.2, 0.25) is 0 Å². The van der Waals surface area contributed by atoms with Crippen molar-refractivity contribution in [2.75, 3.05) is 16.8 Å². The largest absolute Gasteiger partial charge is 0.452 e. The smallest absolute Gasteiger partial charge is 0.312 e. The molecule has 1 aliphatic rings. The molecule has 0 radical (unpaired) electrons. The van der Waals surface area contributed by atoms with Crippen molar-refractivity contribution >= 4 is 29.2 Å². The van der Waals surface area contributed by atoms with Gasteiger partial charge in [0.15, 0.2) is 6.10 Å². The predicted octanol–water partition coefficient (Wildman–Crippen LogP) is 3.45. The molecule has 2 aromatic carbocycles. The minimum atomic E-state index is -1.21. The van der Waals surface area contributed by atoms with Crippen LogP contribution in [0.1, 0.15) is 25.8 Å². The molecule has 30 heavy (non-hydrogen) atoms. The van der Waals surface area contributed by atoms with Gasteiger partial charge in [0.05, 0.1) is 11.6 Å². The molecule has 0 spiro atoms. The Bertz CT molecular complexity index is 962. The van der Waals surface area contributed by atoms with Gasteiger partial charge in [-0.25, -0.2) is 8.78 Å². The van der Waals surface area contributed by atoms with Crippen molar-refractivity contribution in [2.45, 2.75) is 32.8 Å². The maximum Gasteiger partial charge on any atom is 0.312 e. The van der Waals surface area contributed by atoms with Crippen LogP contribution in [0.25, 0.3) is 0 Å². The van der Waals surface area contributed by atoms with Crippen LogP contribution in [0.5, 0.6) is 0 Å². The first-order valence-electron chi connectivity index (χ1n) is 9.64. The lowest BCUT2D eigenvalue weighted by molar-refractivity contribution is -0.157. The van der Waals surface area contributed by atoms with Gasteiger partial charge in [0.1, 0.15) is 11.6 Å². The highest BCUT2D eigenvalue weighted by atomic mass is 19.1. The summed E-state index contributed by atoms with van der Waals surface area (Å²) in [5, 5.41) is 2.25. The van der Waals surface area contributed by atoms with Crippen molar-refractivity contribution in [3.05, 3.63) is 59.7 Å². The first-order valence-corrected chi connectivity index (χ1v) is 9.64. The molecule has 2 atom stereocenters. The summed E-state index contributed by atoms with van der Waals surface area (Å²) in [7, 11) is 0. The molecule has 8 heteroatoms. The van der Waals surface area contributed by atoms with Crippen LogP contribution >= 0.6 is 0 Å². The number of carbonyl (C=O) groups is 3. The number of anilines is 2. The summed E-state index contributed by atoms with van der Waals surface area (Å²) in [5.41, 5.74) is 1.62. The summed E-state index contributed by atoms with van der Waals surface area (Å²) in [6.45, 7) is 3.53. The molecule has 0 unspecified atom stereocenters. The number of hydrogen-bond donors (Lipinski definition) is 1. The van der Waals surface area contributed by atoms with E-state index in [9.17, 15) is 23.2 Å². The van der Waals surface area contributed by atoms with Crippen molar-refractivity contribution < 1.29 is 27.9 Å². The summed E-state index contributed by atoms with van der Waals surface area (Å²) in [6, 6.07) is 10.2. The summed E-state index contributed by atoms with van der Waals surface area (Å²) < 4.78 is 31.8. The number of esters is 1. The summed E-state index contributed by atoms with van der Waals surface area (Å²) >= 11 is 0. The zero-order chi connectivity index (χ0) is 21.8.